The van der Waals surface area contributed by atoms with E-state index in [4.69, 9.17) is 14.2 Å². The van der Waals surface area contributed by atoms with Crippen LogP contribution in [-0.4, -0.2) is 33.3 Å². The number of fused-ring (bicyclic) bond motifs is 1. The Bertz CT molecular complexity index is 475. The molecule has 5 nitrogen and oxygen atoms in total. The average molecular weight is 265 g/mol. The van der Waals surface area contributed by atoms with Gasteiger partial charge in [0.2, 0.25) is 0 Å². The molecule has 1 aliphatic rings. The van der Waals surface area contributed by atoms with Crippen LogP contribution < -0.4 is 14.8 Å². The summed E-state index contributed by atoms with van der Waals surface area (Å²) < 4.78 is 16.1. The number of likely N-dealkylation sites (N-methyl/N-ethyl adjacent to an activating group) is 1. The number of hydrogen-bond donors (Lipinski definition) is 1. The molecule has 1 aliphatic heterocycles. The van der Waals surface area contributed by atoms with Crippen molar-refractivity contribution in [2.75, 3.05) is 27.4 Å². The van der Waals surface area contributed by atoms with Crippen molar-refractivity contribution < 1.29 is 19.0 Å². The maximum atomic E-state index is 11.9. The van der Waals surface area contributed by atoms with Crippen LogP contribution in [0.2, 0.25) is 0 Å². The Kier molecular flexibility index (Phi) is 3.95. The first-order valence-corrected chi connectivity index (χ1v) is 6.29. The Hall–Kier alpha value is -1.75. The predicted octanol–water partition coefficient (Wildman–Crippen LogP) is 1.46. The molecule has 0 spiro atoms. The lowest BCUT2D eigenvalue weighted by Crippen LogP contribution is -2.45. The van der Waals surface area contributed by atoms with Crippen LogP contribution in [0.25, 0.3) is 0 Å². The highest BCUT2D eigenvalue weighted by Gasteiger charge is 2.35. The number of methoxy groups -OCH3 is 1. The second-order valence-corrected chi connectivity index (χ2v) is 4.58. The van der Waals surface area contributed by atoms with Crippen LogP contribution >= 0.6 is 0 Å². The summed E-state index contributed by atoms with van der Waals surface area (Å²) in [6.07, 6.45) is 0.851. The van der Waals surface area contributed by atoms with Crippen molar-refractivity contribution >= 4 is 5.97 Å². The van der Waals surface area contributed by atoms with Gasteiger partial charge in [0.1, 0.15) is 5.54 Å². The fourth-order valence-electron chi connectivity index (χ4n) is 2.04. The number of ether oxygens (including phenoxy) is 3. The highest BCUT2D eigenvalue weighted by Crippen LogP contribution is 2.34. The molecule has 0 amide bonds. The third-order valence-corrected chi connectivity index (χ3v) is 3.42. The zero-order valence-electron chi connectivity index (χ0n) is 11.5. The summed E-state index contributed by atoms with van der Waals surface area (Å²) in [6, 6.07) is 5.50. The minimum atomic E-state index is -0.903. The van der Waals surface area contributed by atoms with Gasteiger partial charge in [0.05, 0.1) is 20.3 Å². The molecule has 1 N–H and O–H groups in total. The smallest absolute Gasteiger partial charge is 0.330 e. The first-order chi connectivity index (χ1) is 9.11. The van der Waals surface area contributed by atoms with E-state index in [9.17, 15) is 4.79 Å². The predicted molar refractivity (Wildman–Crippen MR) is 70.5 cm³/mol. The summed E-state index contributed by atoms with van der Waals surface area (Å²) in [5.41, 5.74) is -0.120. The third-order valence-electron chi connectivity index (χ3n) is 3.42. The molecule has 1 atom stereocenters. The van der Waals surface area contributed by atoms with E-state index in [1.54, 1.807) is 14.0 Å². The minimum absolute atomic E-state index is 0.343. The standard InChI is InChI=1S/C14H19NO4/c1-14(15-2,13(16)17-3)10-5-6-11-12(9-10)19-8-4-7-18-11/h5-6,9,15H,4,7-8H2,1-3H3. The van der Waals surface area contributed by atoms with Crippen LogP contribution in [0.3, 0.4) is 0 Å². The summed E-state index contributed by atoms with van der Waals surface area (Å²) in [5.74, 6) is 1.04. The quantitative estimate of drug-likeness (QED) is 0.838. The van der Waals surface area contributed by atoms with E-state index in [-0.39, 0.29) is 5.97 Å². The normalized spacial score (nSPS) is 17.2. The maximum Gasteiger partial charge on any atom is 0.330 e. The fraction of sp³-hybridized carbons (Fsp3) is 0.500. The molecule has 1 aromatic carbocycles. The van der Waals surface area contributed by atoms with Crippen LogP contribution in [0.4, 0.5) is 0 Å². The zero-order chi connectivity index (χ0) is 13.9. The molecule has 19 heavy (non-hydrogen) atoms. The lowest BCUT2D eigenvalue weighted by Gasteiger charge is -2.27. The SMILES string of the molecule is CNC(C)(C(=O)OC)c1ccc2c(c1)OCCCO2. The number of nitrogens with one attached hydrogen (secondary N) is 1. The molecule has 0 aliphatic carbocycles. The Labute approximate surface area is 112 Å². The lowest BCUT2D eigenvalue weighted by molar-refractivity contribution is -0.148. The van der Waals surface area contributed by atoms with Gasteiger partial charge in [0, 0.05) is 6.42 Å². The molecule has 0 aromatic heterocycles. The van der Waals surface area contributed by atoms with Gasteiger partial charge in [0.25, 0.3) is 0 Å². The average Bonchev–Trinajstić information content (AvgIpc) is 2.69. The van der Waals surface area contributed by atoms with Gasteiger partial charge in [-0.15, -0.1) is 0 Å². The van der Waals surface area contributed by atoms with E-state index in [2.05, 4.69) is 5.32 Å². The van der Waals surface area contributed by atoms with Gasteiger partial charge >= 0.3 is 5.97 Å². The molecule has 0 radical (unpaired) electrons. The van der Waals surface area contributed by atoms with Gasteiger partial charge in [-0.25, -0.2) is 4.79 Å². The summed E-state index contributed by atoms with van der Waals surface area (Å²) in [6.45, 7) is 3.04. The van der Waals surface area contributed by atoms with Gasteiger partial charge in [-0.1, -0.05) is 6.07 Å². The third kappa shape index (κ3) is 2.51. The highest BCUT2D eigenvalue weighted by atomic mass is 16.5. The maximum absolute atomic E-state index is 11.9. The molecule has 2 rings (SSSR count). The van der Waals surface area contributed by atoms with Gasteiger partial charge in [-0.05, 0) is 31.7 Å². The Morgan fingerprint density at radius 3 is 2.63 bits per heavy atom. The largest absolute Gasteiger partial charge is 0.490 e. The van der Waals surface area contributed by atoms with E-state index >= 15 is 0 Å². The fourth-order valence-corrected chi connectivity index (χ4v) is 2.04. The molecule has 1 unspecified atom stereocenters. The van der Waals surface area contributed by atoms with Gasteiger partial charge in [-0.3, -0.25) is 0 Å². The molecule has 1 heterocycles. The van der Waals surface area contributed by atoms with E-state index in [0.717, 1.165) is 12.0 Å². The summed E-state index contributed by atoms with van der Waals surface area (Å²) in [7, 11) is 3.10. The monoisotopic (exact) mass is 265 g/mol. The summed E-state index contributed by atoms with van der Waals surface area (Å²) in [5, 5.41) is 3.00. The van der Waals surface area contributed by atoms with E-state index in [1.165, 1.54) is 7.11 Å². The molecule has 1 aromatic rings. The Morgan fingerprint density at radius 2 is 2.00 bits per heavy atom. The van der Waals surface area contributed by atoms with Crippen LogP contribution in [0.15, 0.2) is 18.2 Å². The van der Waals surface area contributed by atoms with Crippen molar-refractivity contribution in [2.24, 2.45) is 0 Å². The Balaban J connectivity index is 2.39. The Morgan fingerprint density at radius 1 is 1.32 bits per heavy atom. The molecule has 104 valence electrons. The number of benzene rings is 1. The molecule has 0 fully saturated rings. The first kappa shape index (κ1) is 13.7. The summed E-state index contributed by atoms with van der Waals surface area (Å²) >= 11 is 0. The molecule has 0 saturated carbocycles. The van der Waals surface area contributed by atoms with Crippen LogP contribution in [0, 0.1) is 0 Å². The van der Waals surface area contributed by atoms with Crippen molar-refractivity contribution in [3.05, 3.63) is 23.8 Å². The van der Waals surface area contributed by atoms with Crippen molar-refractivity contribution in [3.63, 3.8) is 0 Å². The van der Waals surface area contributed by atoms with Crippen LogP contribution in [-0.2, 0) is 15.1 Å². The highest BCUT2D eigenvalue weighted by molar-refractivity contribution is 5.82. The van der Waals surface area contributed by atoms with Crippen molar-refractivity contribution in [2.45, 2.75) is 18.9 Å². The number of esters is 1. The van der Waals surface area contributed by atoms with E-state index in [0.29, 0.717) is 24.7 Å². The molecule has 0 bridgehead atoms. The molecule has 5 heteroatoms. The first-order valence-electron chi connectivity index (χ1n) is 6.29. The number of hydrogen-bond acceptors (Lipinski definition) is 5. The number of rotatable bonds is 3. The zero-order valence-corrected chi connectivity index (χ0v) is 11.5. The second kappa shape index (κ2) is 5.48. The molecule has 0 saturated heterocycles. The number of carbonyl (C=O) groups is 1. The summed E-state index contributed by atoms with van der Waals surface area (Å²) in [4.78, 5) is 11.9. The number of carbonyl (C=O) groups excluding carboxylic acids is 1. The van der Waals surface area contributed by atoms with E-state index < -0.39 is 5.54 Å². The van der Waals surface area contributed by atoms with E-state index in [1.807, 2.05) is 18.2 Å². The second-order valence-electron chi connectivity index (χ2n) is 4.58. The van der Waals surface area contributed by atoms with Crippen molar-refractivity contribution in [1.82, 2.24) is 5.32 Å². The van der Waals surface area contributed by atoms with Crippen molar-refractivity contribution in [3.8, 4) is 11.5 Å². The topological polar surface area (TPSA) is 56.8 Å². The van der Waals surface area contributed by atoms with Crippen molar-refractivity contribution in [1.29, 1.82) is 0 Å². The molecular formula is C14H19NO4. The van der Waals surface area contributed by atoms with Crippen LogP contribution in [0.5, 0.6) is 11.5 Å². The lowest BCUT2D eigenvalue weighted by atomic mass is 9.92. The molecular weight excluding hydrogens is 246 g/mol. The minimum Gasteiger partial charge on any atom is -0.490 e. The van der Waals surface area contributed by atoms with Crippen LogP contribution in [0.1, 0.15) is 18.9 Å². The van der Waals surface area contributed by atoms with Gasteiger partial charge < -0.3 is 19.5 Å². The van der Waals surface area contributed by atoms with Gasteiger partial charge in [0.15, 0.2) is 11.5 Å². The van der Waals surface area contributed by atoms with Gasteiger partial charge in [-0.2, -0.15) is 0 Å².